The maximum atomic E-state index is 7.09. The Labute approximate surface area is 270 Å². The number of hydrogen-bond acceptors (Lipinski definition) is 4. The fraction of sp³-hybridized carbons (Fsp3) is 0.561. The van der Waals surface area contributed by atoms with Gasteiger partial charge in [0.25, 0.3) is 0 Å². The Bertz CT molecular complexity index is 1590. The molecular formula is C41H50N2O2. The van der Waals surface area contributed by atoms with Crippen molar-refractivity contribution in [1.29, 1.82) is 0 Å². The van der Waals surface area contributed by atoms with Gasteiger partial charge in [0, 0.05) is 42.7 Å². The van der Waals surface area contributed by atoms with E-state index in [1.807, 2.05) is 7.11 Å². The zero-order valence-electron chi connectivity index (χ0n) is 27.7. The summed E-state index contributed by atoms with van der Waals surface area (Å²) in [5.41, 5.74) is 6.43. The second-order valence-electron chi connectivity index (χ2n) is 16.6. The van der Waals surface area contributed by atoms with E-state index in [-0.39, 0.29) is 10.8 Å². The first kappa shape index (κ1) is 28.4. The van der Waals surface area contributed by atoms with Crippen molar-refractivity contribution in [3.05, 3.63) is 89.0 Å². The minimum atomic E-state index is 0.114. The molecule has 4 bridgehead atoms. The largest absolute Gasteiger partial charge is 0.493 e. The summed E-state index contributed by atoms with van der Waals surface area (Å²) in [6.07, 6.45) is 9.34. The van der Waals surface area contributed by atoms with Crippen LogP contribution in [0.1, 0.15) is 81.5 Å². The first-order valence-corrected chi connectivity index (χ1v) is 17.8. The second-order valence-corrected chi connectivity index (χ2v) is 16.6. The van der Waals surface area contributed by atoms with Crippen LogP contribution in [0.2, 0.25) is 0 Å². The SMILES string of the molecule is COc1ccc2c(c1Oc1ccc(C(C)(C)C)cc1)C13CCN(CC4CC4)[C@H](C2)C12CCC1C3[C@@H](CN1Cc1ccccc1)C2. The van der Waals surface area contributed by atoms with E-state index in [0.29, 0.717) is 23.4 Å². The van der Waals surface area contributed by atoms with Crippen LogP contribution in [0.3, 0.4) is 0 Å². The third kappa shape index (κ3) is 4.17. The highest BCUT2D eigenvalue weighted by Gasteiger charge is 2.76. The lowest BCUT2D eigenvalue weighted by atomic mass is 9.43. The van der Waals surface area contributed by atoms with Crippen LogP contribution >= 0.6 is 0 Å². The lowest BCUT2D eigenvalue weighted by Gasteiger charge is -2.66. The molecule has 9 rings (SSSR count). The maximum Gasteiger partial charge on any atom is 0.173 e. The van der Waals surface area contributed by atoms with Crippen molar-refractivity contribution in [2.24, 2.45) is 23.2 Å². The van der Waals surface area contributed by atoms with Crippen LogP contribution in [0.15, 0.2) is 66.7 Å². The van der Waals surface area contributed by atoms with Crippen molar-refractivity contribution >= 4 is 0 Å². The molecule has 0 radical (unpaired) electrons. The molecule has 6 atom stereocenters. The van der Waals surface area contributed by atoms with E-state index in [1.165, 1.54) is 80.4 Å². The van der Waals surface area contributed by atoms with E-state index >= 15 is 0 Å². The molecule has 0 aromatic heterocycles. The van der Waals surface area contributed by atoms with Gasteiger partial charge in [-0.1, -0.05) is 69.3 Å². The highest BCUT2D eigenvalue weighted by molar-refractivity contribution is 5.61. The number of fused-ring (bicyclic) bond motifs is 1. The Morgan fingerprint density at radius 1 is 0.889 bits per heavy atom. The Morgan fingerprint density at radius 3 is 2.42 bits per heavy atom. The smallest absolute Gasteiger partial charge is 0.173 e. The first-order chi connectivity index (χ1) is 21.8. The van der Waals surface area contributed by atoms with Crippen molar-refractivity contribution in [3.8, 4) is 17.2 Å². The quantitative estimate of drug-likeness (QED) is 0.271. The van der Waals surface area contributed by atoms with Crippen molar-refractivity contribution in [2.75, 3.05) is 26.7 Å². The topological polar surface area (TPSA) is 24.9 Å². The van der Waals surface area contributed by atoms with Gasteiger partial charge in [-0.2, -0.15) is 0 Å². The van der Waals surface area contributed by atoms with Gasteiger partial charge in [0.05, 0.1) is 7.11 Å². The van der Waals surface area contributed by atoms with Gasteiger partial charge in [-0.25, -0.2) is 0 Å². The Morgan fingerprint density at radius 2 is 1.69 bits per heavy atom. The molecule has 0 N–H and O–H groups in total. The van der Waals surface area contributed by atoms with Crippen LogP contribution in [-0.2, 0) is 23.8 Å². The maximum absolute atomic E-state index is 7.09. The molecule has 236 valence electrons. The summed E-state index contributed by atoms with van der Waals surface area (Å²) in [6.45, 7) is 11.7. The molecule has 2 heterocycles. The molecule has 45 heavy (non-hydrogen) atoms. The standard InChI is InChI=1S/C41H50N2O2/c1-39(2,3)31-13-15-32(16-14-31)45-38-34(44-4)17-12-29-22-35-40-19-18-33-36(30(23-40)26-43(33)25-27-8-6-5-7-9-27)41(40,37(29)38)20-21-42(35)24-28-10-11-28/h5-9,12-17,28,30,33,35-36H,10-11,18-26H2,1-4H3/t30-,33?,35-,36?,40?,41?/m1/s1. The lowest BCUT2D eigenvalue weighted by molar-refractivity contribution is -0.106. The van der Waals surface area contributed by atoms with Gasteiger partial charge in [-0.3, -0.25) is 9.80 Å². The Balaban J connectivity index is 1.17. The number of likely N-dealkylation sites (tertiary alicyclic amines) is 2. The normalized spacial score (nSPS) is 33.5. The molecule has 3 aromatic rings. The van der Waals surface area contributed by atoms with Crippen molar-refractivity contribution in [2.45, 2.75) is 95.2 Å². The minimum Gasteiger partial charge on any atom is -0.493 e. The molecule has 4 nitrogen and oxygen atoms in total. The Kier molecular flexibility index (Phi) is 6.37. The molecule has 4 heteroatoms. The number of piperidine rings is 1. The molecule has 4 aliphatic carbocycles. The van der Waals surface area contributed by atoms with E-state index in [9.17, 15) is 0 Å². The van der Waals surface area contributed by atoms with E-state index in [4.69, 9.17) is 9.47 Å². The number of methoxy groups -OCH3 is 1. The average molecular weight is 603 g/mol. The molecule has 2 aliphatic heterocycles. The molecule has 0 amide bonds. The van der Waals surface area contributed by atoms with Crippen LogP contribution in [0.5, 0.6) is 17.2 Å². The van der Waals surface area contributed by atoms with Crippen molar-refractivity contribution in [3.63, 3.8) is 0 Å². The second kappa shape index (κ2) is 10.1. The summed E-state index contributed by atoms with van der Waals surface area (Å²) in [5, 5.41) is 0. The monoisotopic (exact) mass is 602 g/mol. The summed E-state index contributed by atoms with van der Waals surface area (Å²) >= 11 is 0. The van der Waals surface area contributed by atoms with Crippen molar-refractivity contribution < 1.29 is 9.47 Å². The fourth-order valence-electron chi connectivity index (χ4n) is 11.5. The van der Waals surface area contributed by atoms with Gasteiger partial charge >= 0.3 is 0 Å². The fourth-order valence-corrected chi connectivity index (χ4v) is 11.5. The molecular weight excluding hydrogens is 552 g/mol. The predicted octanol–water partition coefficient (Wildman–Crippen LogP) is 8.36. The third-order valence-corrected chi connectivity index (χ3v) is 13.3. The van der Waals surface area contributed by atoms with Gasteiger partial charge in [0.15, 0.2) is 11.5 Å². The summed E-state index contributed by atoms with van der Waals surface area (Å²) in [4.78, 5) is 5.87. The molecule has 0 spiro atoms. The number of hydrogen-bond donors (Lipinski definition) is 0. The summed E-state index contributed by atoms with van der Waals surface area (Å²) < 4.78 is 13.3. The van der Waals surface area contributed by atoms with Crippen LogP contribution in [0.4, 0.5) is 0 Å². The van der Waals surface area contributed by atoms with Crippen LogP contribution in [0.25, 0.3) is 0 Å². The molecule has 4 unspecified atom stereocenters. The van der Waals surface area contributed by atoms with Crippen molar-refractivity contribution in [1.82, 2.24) is 9.80 Å². The van der Waals surface area contributed by atoms with Gasteiger partial charge in [0.1, 0.15) is 5.75 Å². The van der Waals surface area contributed by atoms with Crippen LogP contribution in [-0.4, -0.2) is 48.6 Å². The summed E-state index contributed by atoms with van der Waals surface area (Å²) in [7, 11) is 1.83. The van der Waals surface area contributed by atoms with Crippen LogP contribution < -0.4 is 9.47 Å². The van der Waals surface area contributed by atoms with Gasteiger partial charge in [0.2, 0.25) is 0 Å². The Hall–Kier alpha value is -2.82. The molecule has 5 fully saturated rings. The highest BCUT2D eigenvalue weighted by atomic mass is 16.5. The number of benzene rings is 3. The van der Waals surface area contributed by atoms with E-state index in [1.54, 1.807) is 0 Å². The van der Waals surface area contributed by atoms with E-state index in [2.05, 4.69) is 97.3 Å². The van der Waals surface area contributed by atoms with Gasteiger partial charge in [-0.15, -0.1) is 0 Å². The number of rotatable bonds is 7. The number of ether oxygens (including phenoxy) is 2. The zero-order valence-corrected chi connectivity index (χ0v) is 27.7. The van der Waals surface area contributed by atoms with Gasteiger partial charge < -0.3 is 9.47 Å². The van der Waals surface area contributed by atoms with E-state index < -0.39 is 0 Å². The number of nitrogens with zero attached hydrogens (tertiary/aromatic N) is 2. The van der Waals surface area contributed by atoms with Crippen LogP contribution in [0, 0.1) is 23.2 Å². The zero-order chi connectivity index (χ0) is 30.6. The predicted molar refractivity (Wildman–Crippen MR) is 180 cm³/mol. The van der Waals surface area contributed by atoms with E-state index in [0.717, 1.165) is 42.0 Å². The summed E-state index contributed by atoms with van der Waals surface area (Å²) in [5.74, 6) is 5.19. The highest BCUT2D eigenvalue weighted by Crippen LogP contribution is 2.77. The molecule has 3 saturated carbocycles. The molecule has 3 aromatic carbocycles. The average Bonchev–Trinajstić information content (AvgIpc) is 3.74. The molecule has 2 saturated heterocycles. The third-order valence-electron chi connectivity index (χ3n) is 13.3. The first-order valence-electron chi connectivity index (χ1n) is 17.8. The molecule has 6 aliphatic rings. The van der Waals surface area contributed by atoms with Gasteiger partial charge in [-0.05, 0) is 115 Å². The lowest BCUT2D eigenvalue weighted by Crippen LogP contribution is -2.69. The minimum absolute atomic E-state index is 0.114. The summed E-state index contributed by atoms with van der Waals surface area (Å²) in [6, 6.07) is 26.0.